The molecule has 1 aromatic heterocycles. The third-order valence-corrected chi connectivity index (χ3v) is 11.0. The molecule has 2 aliphatic carbocycles. The maximum absolute atomic E-state index is 13.3. The monoisotopic (exact) mass is 589 g/mol. The van der Waals surface area contributed by atoms with Crippen molar-refractivity contribution in [3.8, 4) is 23.1 Å². The van der Waals surface area contributed by atoms with Crippen molar-refractivity contribution in [1.82, 2.24) is 9.29 Å². The number of hydrogen-bond donors (Lipinski definition) is 1. The highest BCUT2D eigenvalue weighted by atomic mass is 32.2. The van der Waals surface area contributed by atoms with E-state index >= 15 is 0 Å². The Morgan fingerprint density at radius 3 is 2.62 bits per heavy atom. The van der Waals surface area contributed by atoms with Crippen molar-refractivity contribution in [1.29, 1.82) is 5.26 Å². The van der Waals surface area contributed by atoms with Gasteiger partial charge in [-0.3, -0.25) is 9.59 Å². The van der Waals surface area contributed by atoms with E-state index in [0.717, 1.165) is 47.0 Å². The number of benzene rings is 2. The lowest BCUT2D eigenvalue weighted by Crippen LogP contribution is -2.33. The summed E-state index contributed by atoms with van der Waals surface area (Å²) in [6.07, 6.45) is 5.30. The summed E-state index contributed by atoms with van der Waals surface area (Å²) in [5, 5.41) is 10.7. The first-order valence-corrected chi connectivity index (χ1v) is 16.1. The minimum atomic E-state index is -3.73. The number of unbranched alkanes of at least 4 members (excludes halogenated alkanes) is 2. The first kappa shape index (κ1) is 28.3. The second-order valence-electron chi connectivity index (χ2n) is 11.8. The zero-order valence-electron chi connectivity index (χ0n) is 24.1. The maximum Gasteiger partial charge on any atom is 0.314 e. The van der Waals surface area contributed by atoms with Gasteiger partial charge in [0.15, 0.2) is 0 Å². The summed E-state index contributed by atoms with van der Waals surface area (Å²) in [7, 11) is -0.729. The van der Waals surface area contributed by atoms with Crippen LogP contribution in [0.15, 0.2) is 36.4 Å². The Balaban J connectivity index is 1.58. The van der Waals surface area contributed by atoms with E-state index in [1.165, 1.54) is 7.11 Å². The Kier molecular flexibility index (Phi) is 7.04. The number of amides is 1. The number of nitrogens with zero attached hydrogens (tertiary/aromatic N) is 2. The van der Waals surface area contributed by atoms with E-state index in [0.29, 0.717) is 43.5 Å². The number of methoxy groups -OCH3 is 2. The average Bonchev–Trinajstić information content (AvgIpc) is 3.91. The number of sulfonamides is 1. The van der Waals surface area contributed by atoms with E-state index in [1.54, 1.807) is 19.2 Å². The molecule has 2 fully saturated rings. The fourth-order valence-corrected chi connectivity index (χ4v) is 7.98. The minimum Gasteiger partial charge on any atom is -0.497 e. The first-order valence-electron chi connectivity index (χ1n) is 14.6. The van der Waals surface area contributed by atoms with Gasteiger partial charge in [0.25, 0.3) is 5.91 Å². The van der Waals surface area contributed by atoms with Crippen LogP contribution in [0, 0.1) is 16.7 Å². The Bertz CT molecular complexity index is 1750. The molecular formula is C32H35N3O6S. The van der Waals surface area contributed by atoms with Gasteiger partial charge in [0.2, 0.25) is 10.0 Å². The van der Waals surface area contributed by atoms with E-state index in [-0.39, 0.29) is 17.5 Å². The van der Waals surface area contributed by atoms with Crippen LogP contribution >= 0.6 is 0 Å². The SMILES string of the molecule is CCCCCC(C#N)c1c2n(c3cc(C(=O)NS(=O)(=O)C4CC4)ccc13)CC1(C(=O)OC)CC1c1cc(OC)ccc1-2. The number of carbonyl (C=O) groups excluding carboxylic acids is 2. The van der Waals surface area contributed by atoms with Gasteiger partial charge < -0.3 is 14.0 Å². The zero-order valence-corrected chi connectivity index (χ0v) is 24.9. The number of rotatable bonds is 10. The Hall–Kier alpha value is -3.84. The Morgan fingerprint density at radius 2 is 1.95 bits per heavy atom. The minimum absolute atomic E-state index is 0.0892. The van der Waals surface area contributed by atoms with E-state index < -0.39 is 32.5 Å². The summed E-state index contributed by atoms with van der Waals surface area (Å²) in [6.45, 7) is 2.44. The predicted octanol–water partition coefficient (Wildman–Crippen LogP) is 5.39. The van der Waals surface area contributed by atoms with E-state index in [1.807, 2.05) is 24.3 Å². The van der Waals surface area contributed by atoms with Gasteiger partial charge in [0.05, 0.1) is 42.6 Å². The molecule has 42 heavy (non-hydrogen) atoms. The van der Waals surface area contributed by atoms with Crippen LogP contribution in [-0.2, 0) is 26.1 Å². The summed E-state index contributed by atoms with van der Waals surface area (Å²) >= 11 is 0. The highest BCUT2D eigenvalue weighted by Crippen LogP contribution is 2.65. The number of nitrogens with one attached hydrogen (secondary N) is 1. The maximum atomic E-state index is 13.3. The van der Waals surface area contributed by atoms with Crippen LogP contribution in [0.2, 0.25) is 0 Å². The van der Waals surface area contributed by atoms with E-state index in [9.17, 15) is 23.3 Å². The van der Waals surface area contributed by atoms with Crippen LogP contribution in [-0.4, -0.2) is 44.3 Å². The number of carbonyl (C=O) groups is 2. The fourth-order valence-electron chi connectivity index (χ4n) is 6.68. The second-order valence-corrected chi connectivity index (χ2v) is 13.8. The van der Waals surface area contributed by atoms with Gasteiger partial charge in [-0.25, -0.2) is 13.1 Å². The van der Waals surface area contributed by atoms with E-state index in [2.05, 4.69) is 22.3 Å². The zero-order chi connectivity index (χ0) is 29.8. The number of ether oxygens (including phenoxy) is 2. The van der Waals surface area contributed by atoms with Crippen LogP contribution in [0.1, 0.15) is 85.2 Å². The van der Waals surface area contributed by atoms with Crippen molar-refractivity contribution in [2.45, 2.75) is 75.5 Å². The average molecular weight is 590 g/mol. The van der Waals surface area contributed by atoms with Crippen LogP contribution in [0.3, 0.4) is 0 Å². The molecule has 3 unspecified atom stereocenters. The molecule has 3 aliphatic rings. The molecule has 0 bridgehead atoms. The summed E-state index contributed by atoms with van der Waals surface area (Å²) in [4.78, 5) is 26.5. The molecule has 2 heterocycles. The highest BCUT2D eigenvalue weighted by molar-refractivity contribution is 7.91. The summed E-state index contributed by atoms with van der Waals surface area (Å²) in [5.41, 5.74) is 3.71. The number of hydrogen-bond acceptors (Lipinski definition) is 7. The molecule has 10 heteroatoms. The van der Waals surface area contributed by atoms with E-state index in [4.69, 9.17) is 9.47 Å². The molecule has 0 spiro atoms. The summed E-state index contributed by atoms with van der Waals surface area (Å²) < 4.78 is 40.2. The third-order valence-electron chi connectivity index (χ3n) is 9.16. The van der Waals surface area contributed by atoms with Crippen molar-refractivity contribution >= 4 is 32.8 Å². The normalized spacial score (nSPS) is 21.2. The topological polar surface area (TPSA) is 127 Å². The molecule has 0 radical (unpaired) electrons. The van der Waals surface area contributed by atoms with Crippen molar-refractivity contribution in [2.24, 2.45) is 5.41 Å². The molecule has 2 saturated carbocycles. The van der Waals surface area contributed by atoms with Crippen LogP contribution < -0.4 is 9.46 Å². The molecular weight excluding hydrogens is 554 g/mol. The quantitative estimate of drug-likeness (QED) is 0.248. The lowest BCUT2D eigenvalue weighted by atomic mass is 9.88. The standard InChI is InChI=1S/C32H35N3O6S/c1-4-5-6-7-20(17-33)28-24-12-8-19(30(36)34-42(38,39)22-10-11-22)14-27(24)35-18-32(31(37)41-3)16-26(32)25-15-21(40-2)9-13-23(25)29(28)35/h8-9,12-15,20,22,26H,4-7,10-11,16,18H2,1-3H3,(H,34,36). The molecule has 3 aromatic rings. The molecule has 1 aliphatic heterocycles. The molecule has 1 amide bonds. The molecule has 1 N–H and O–H groups in total. The Labute approximate surface area is 245 Å². The number of esters is 1. The number of fused-ring (bicyclic) bond motifs is 7. The lowest BCUT2D eigenvalue weighted by molar-refractivity contribution is -0.147. The van der Waals surface area contributed by atoms with Crippen molar-refractivity contribution in [3.63, 3.8) is 0 Å². The van der Waals surface area contributed by atoms with Crippen molar-refractivity contribution in [2.75, 3.05) is 14.2 Å². The fraction of sp³-hybridized carbons (Fsp3) is 0.469. The van der Waals surface area contributed by atoms with Crippen LogP contribution in [0.4, 0.5) is 0 Å². The first-order chi connectivity index (χ1) is 20.2. The lowest BCUT2D eigenvalue weighted by Gasteiger charge is -2.17. The number of aromatic nitrogens is 1. The number of nitriles is 1. The van der Waals surface area contributed by atoms with Gasteiger partial charge in [0, 0.05) is 40.1 Å². The smallest absolute Gasteiger partial charge is 0.314 e. The highest BCUT2D eigenvalue weighted by Gasteiger charge is 2.64. The van der Waals surface area contributed by atoms with Gasteiger partial charge in [-0.05, 0) is 61.6 Å². The Morgan fingerprint density at radius 1 is 1.17 bits per heavy atom. The van der Waals surface area contributed by atoms with Crippen molar-refractivity contribution < 1.29 is 27.5 Å². The van der Waals surface area contributed by atoms with Gasteiger partial charge in [0.1, 0.15) is 5.75 Å². The second kappa shape index (κ2) is 10.5. The van der Waals surface area contributed by atoms with Gasteiger partial charge in [-0.2, -0.15) is 5.26 Å². The van der Waals surface area contributed by atoms with Gasteiger partial charge in [-0.1, -0.05) is 32.3 Å². The van der Waals surface area contributed by atoms with Crippen molar-refractivity contribution in [3.05, 3.63) is 53.1 Å². The summed E-state index contributed by atoms with van der Waals surface area (Å²) in [5.74, 6) is -0.813. The third kappa shape index (κ3) is 4.55. The molecule has 3 atom stereocenters. The molecule has 9 nitrogen and oxygen atoms in total. The molecule has 220 valence electrons. The molecule has 0 saturated heterocycles. The largest absolute Gasteiger partial charge is 0.497 e. The van der Waals surface area contributed by atoms with Crippen LogP contribution in [0.5, 0.6) is 5.75 Å². The van der Waals surface area contributed by atoms with Gasteiger partial charge >= 0.3 is 5.97 Å². The summed E-state index contributed by atoms with van der Waals surface area (Å²) in [6, 6.07) is 13.5. The predicted molar refractivity (Wildman–Crippen MR) is 158 cm³/mol. The molecule has 6 rings (SSSR count). The van der Waals surface area contributed by atoms with Crippen LogP contribution in [0.25, 0.3) is 22.2 Å². The molecule has 2 aromatic carbocycles. The van der Waals surface area contributed by atoms with Gasteiger partial charge in [-0.15, -0.1) is 0 Å².